The standard InChI is InChI=1S/C26H35NO2/c1-29-26(28)20-14-6-4-2-3-5-7-15-21-27(22-24-16-10-8-11-17-24)23-25-18-12-9-13-19-25/h7-13,15-19H,2-6,14,20-23H2,1H3. The van der Waals surface area contributed by atoms with Gasteiger partial charge in [0.2, 0.25) is 0 Å². The lowest BCUT2D eigenvalue weighted by Crippen LogP contribution is -2.22. The molecule has 3 heteroatoms. The van der Waals surface area contributed by atoms with Crippen LogP contribution < -0.4 is 0 Å². The van der Waals surface area contributed by atoms with Gasteiger partial charge in [-0.05, 0) is 30.4 Å². The van der Waals surface area contributed by atoms with Crippen LogP contribution in [-0.2, 0) is 22.6 Å². The van der Waals surface area contributed by atoms with Gasteiger partial charge in [-0.15, -0.1) is 0 Å². The summed E-state index contributed by atoms with van der Waals surface area (Å²) in [5, 5.41) is 0. The molecule has 2 rings (SSSR count). The molecule has 2 aromatic carbocycles. The summed E-state index contributed by atoms with van der Waals surface area (Å²) in [6.07, 6.45) is 12.0. The Bertz CT molecular complexity index is 656. The molecule has 156 valence electrons. The van der Waals surface area contributed by atoms with E-state index in [0.29, 0.717) is 6.42 Å². The first kappa shape index (κ1) is 22.9. The summed E-state index contributed by atoms with van der Waals surface area (Å²) in [6.45, 7) is 2.88. The van der Waals surface area contributed by atoms with Gasteiger partial charge in [0.05, 0.1) is 7.11 Å². The van der Waals surface area contributed by atoms with Crippen LogP contribution in [0, 0.1) is 0 Å². The summed E-state index contributed by atoms with van der Waals surface area (Å²) in [4.78, 5) is 13.5. The van der Waals surface area contributed by atoms with E-state index >= 15 is 0 Å². The number of carbonyl (C=O) groups is 1. The van der Waals surface area contributed by atoms with Crippen LogP contribution in [0.4, 0.5) is 0 Å². The summed E-state index contributed by atoms with van der Waals surface area (Å²) in [5.41, 5.74) is 2.70. The Kier molecular flexibility index (Phi) is 11.5. The number of rotatable bonds is 14. The lowest BCUT2D eigenvalue weighted by atomic mass is 10.1. The zero-order chi connectivity index (χ0) is 20.6. The van der Waals surface area contributed by atoms with Gasteiger partial charge in [0.1, 0.15) is 0 Å². The first-order valence-corrected chi connectivity index (χ1v) is 10.8. The number of allylic oxidation sites excluding steroid dienone is 1. The molecule has 3 nitrogen and oxygen atoms in total. The lowest BCUT2D eigenvalue weighted by Gasteiger charge is -2.21. The Morgan fingerprint density at radius 1 is 0.793 bits per heavy atom. The largest absolute Gasteiger partial charge is 0.469 e. The topological polar surface area (TPSA) is 29.5 Å². The minimum absolute atomic E-state index is 0.0940. The number of ether oxygens (including phenoxy) is 1. The summed E-state index contributed by atoms with van der Waals surface area (Å²) in [7, 11) is 1.45. The van der Waals surface area contributed by atoms with E-state index < -0.39 is 0 Å². The van der Waals surface area contributed by atoms with Crippen LogP contribution in [0.3, 0.4) is 0 Å². The molecule has 0 saturated carbocycles. The predicted octanol–water partition coefficient (Wildman–Crippen LogP) is 6.15. The monoisotopic (exact) mass is 393 g/mol. The number of methoxy groups -OCH3 is 1. The Morgan fingerprint density at radius 3 is 1.93 bits per heavy atom. The van der Waals surface area contributed by atoms with Crippen molar-refractivity contribution < 1.29 is 9.53 Å². The zero-order valence-electron chi connectivity index (χ0n) is 17.8. The molecule has 0 aliphatic carbocycles. The van der Waals surface area contributed by atoms with E-state index in [2.05, 4.69) is 82.5 Å². The van der Waals surface area contributed by atoms with E-state index in [1.807, 2.05) is 0 Å². The molecule has 0 fully saturated rings. The molecular formula is C26H35NO2. The van der Waals surface area contributed by atoms with Crippen molar-refractivity contribution in [1.82, 2.24) is 4.90 Å². The van der Waals surface area contributed by atoms with E-state index in [9.17, 15) is 4.79 Å². The first-order chi connectivity index (χ1) is 14.3. The quantitative estimate of drug-likeness (QED) is 0.219. The molecule has 0 aliphatic rings. The predicted molar refractivity (Wildman–Crippen MR) is 120 cm³/mol. The average molecular weight is 394 g/mol. The third kappa shape index (κ3) is 10.7. The maximum atomic E-state index is 11.1. The third-order valence-corrected chi connectivity index (χ3v) is 5.01. The molecule has 0 spiro atoms. The van der Waals surface area contributed by atoms with Gasteiger partial charge in [0.25, 0.3) is 0 Å². The molecule has 0 unspecified atom stereocenters. The summed E-state index contributed by atoms with van der Waals surface area (Å²) >= 11 is 0. The highest BCUT2D eigenvalue weighted by molar-refractivity contribution is 5.68. The van der Waals surface area contributed by atoms with Crippen molar-refractivity contribution in [2.24, 2.45) is 0 Å². The second-order valence-corrected chi connectivity index (χ2v) is 7.49. The Hall–Kier alpha value is -2.39. The molecule has 0 N–H and O–H groups in total. The average Bonchev–Trinajstić information content (AvgIpc) is 2.76. The van der Waals surface area contributed by atoms with Gasteiger partial charge in [0.15, 0.2) is 0 Å². The van der Waals surface area contributed by atoms with Gasteiger partial charge < -0.3 is 4.74 Å². The molecule has 0 radical (unpaired) electrons. The third-order valence-electron chi connectivity index (χ3n) is 5.01. The molecular weight excluding hydrogens is 358 g/mol. The maximum absolute atomic E-state index is 11.1. The number of unbranched alkanes of at least 4 members (excludes halogenated alkanes) is 5. The Labute approximate surface area is 176 Å². The zero-order valence-corrected chi connectivity index (χ0v) is 17.8. The second-order valence-electron chi connectivity index (χ2n) is 7.49. The Balaban J connectivity index is 1.68. The van der Waals surface area contributed by atoms with Crippen molar-refractivity contribution in [3.8, 4) is 0 Å². The van der Waals surface area contributed by atoms with Crippen molar-refractivity contribution >= 4 is 5.97 Å². The van der Waals surface area contributed by atoms with E-state index in [1.165, 1.54) is 37.5 Å². The number of carbonyl (C=O) groups excluding carboxylic acids is 1. The molecule has 0 aliphatic heterocycles. The molecule has 0 bridgehead atoms. The van der Waals surface area contributed by atoms with Crippen molar-refractivity contribution in [3.63, 3.8) is 0 Å². The van der Waals surface area contributed by atoms with Crippen LogP contribution in [0.5, 0.6) is 0 Å². The smallest absolute Gasteiger partial charge is 0.305 e. The fourth-order valence-electron chi connectivity index (χ4n) is 3.37. The minimum atomic E-state index is -0.0940. The summed E-state index contributed by atoms with van der Waals surface area (Å²) in [5.74, 6) is -0.0940. The number of benzene rings is 2. The second kappa shape index (κ2) is 14.6. The maximum Gasteiger partial charge on any atom is 0.305 e. The van der Waals surface area contributed by atoms with Crippen molar-refractivity contribution in [2.45, 2.75) is 58.0 Å². The molecule has 0 saturated heterocycles. The van der Waals surface area contributed by atoms with Gasteiger partial charge in [-0.3, -0.25) is 9.69 Å². The number of esters is 1. The molecule has 0 amide bonds. The summed E-state index contributed by atoms with van der Waals surface area (Å²) < 4.78 is 4.66. The number of hydrogen-bond acceptors (Lipinski definition) is 3. The van der Waals surface area contributed by atoms with Gasteiger partial charge >= 0.3 is 5.97 Å². The van der Waals surface area contributed by atoms with Crippen molar-refractivity contribution in [1.29, 1.82) is 0 Å². The van der Waals surface area contributed by atoms with Crippen molar-refractivity contribution in [2.75, 3.05) is 13.7 Å². The summed E-state index contributed by atoms with van der Waals surface area (Å²) in [6, 6.07) is 21.4. The van der Waals surface area contributed by atoms with Crippen LogP contribution in [0.25, 0.3) is 0 Å². The van der Waals surface area contributed by atoms with Crippen LogP contribution in [0.2, 0.25) is 0 Å². The fourth-order valence-corrected chi connectivity index (χ4v) is 3.37. The van der Waals surface area contributed by atoms with Gasteiger partial charge in [-0.2, -0.15) is 0 Å². The SMILES string of the molecule is COC(=O)CCCCCCCC=CCN(Cc1ccccc1)Cc1ccccc1. The van der Waals surface area contributed by atoms with Gasteiger partial charge in [0, 0.05) is 26.1 Å². The highest BCUT2D eigenvalue weighted by atomic mass is 16.5. The van der Waals surface area contributed by atoms with E-state index in [0.717, 1.165) is 38.9 Å². The van der Waals surface area contributed by atoms with Gasteiger partial charge in [-0.1, -0.05) is 92.1 Å². The molecule has 0 heterocycles. The molecule has 2 aromatic rings. The van der Waals surface area contributed by atoms with Crippen LogP contribution in [-0.4, -0.2) is 24.5 Å². The molecule has 0 aromatic heterocycles. The first-order valence-electron chi connectivity index (χ1n) is 10.8. The number of nitrogens with zero attached hydrogens (tertiary/aromatic N) is 1. The van der Waals surface area contributed by atoms with E-state index in [1.54, 1.807) is 0 Å². The molecule has 29 heavy (non-hydrogen) atoms. The van der Waals surface area contributed by atoms with Crippen molar-refractivity contribution in [3.05, 3.63) is 83.9 Å². The highest BCUT2D eigenvalue weighted by Gasteiger charge is 2.05. The molecule has 0 atom stereocenters. The highest BCUT2D eigenvalue weighted by Crippen LogP contribution is 2.11. The number of hydrogen-bond donors (Lipinski definition) is 0. The van der Waals surface area contributed by atoms with Crippen LogP contribution >= 0.6 is 0 Å². The normalized spacial score (nSPS) is 11.2. The van der Waals surface area contributed by atoms with Crippen LogP contribution in [0.1, 0.15) is 56.1 Å². The van der Waals surface area contributed by atoms with E-state index in [-0.39, 0.29) is 5.97 Å². The van der Waals surface area contributed by atoms with Crippen LogP contribution in [0.15, 0.2) is 72.8 Å². The lowest BCUT2D eigenvalue weighted by molar-refractivity contribution is -0.140. The fraction of sp³-hybridized carbons (Fsp3) is 0.423. The van der Waals surface area contributed by atoms with Gasteiger partial charge in [-0.25, -0.2) is 0 Å². The Morgan fingerprint density at radius 2 is 1.34 bits per heavy atom. The van der Waals surface area contributed by atoms with E-state index in [4.69, 9.17) is 0 Å². The minimum Gasteiger partial charge on any atom is -0.469 e.